The molecule has 0 bridgehead atoms. The Labute approximate surface area is 162 Å². The fourth-order valence-electron chi connectivity index (χ4n) is 3.18. The summed E-state index contributed by atoms with van der Waals surface area (Å²) < 4.78 is 26.9. The van der Waals surface area contributed by atoms with Gasteiger partial charge in [-0.15, -0.1) is 0 Å². The summed E-state index contributed by atoms with van der Waals surface area (Å²) >= 11 is 0. The second-order valence-electron chi connectivity index (χ2n) is 7.22. The van der Waals surface area contributed by atoms with Gasteiger partial charge in [0.1, 0.15) is 5.60 Å². The van der Waals surface area contributed by atoms with Crippen molar-refractivity contribution >= 4 is 11.8 Å². The number of esters is 1. The Hall–Kier alpha value is -3.22. The van der Waals surface area contributed by atoms with Crippen molar-refractivity contribution in [1.82, 2.24) is 0 Å². The fraction of sp³-hybridized carbons (Fsp3) is 0.333. The molecule has 7 heteroatoms. The van der Waals surface area contributed by atoms with Crippen LogP contribution in [0.4, 0.5) is 0 Å². The molecule has 0 spiro atoms. The van der Waals surface area contributed by atoms with Gasteiger partial charge in [0.15, 0.2) is 42.0 Å². The quantitative estimate of drug-likeness (QED) is 0.559. The topological polar surface area (TPSA) is 80.3 Å². The zero-order chi connectivity index (χ0) is 19.7. The number of hydrogen-bond donors (Lipinski definition) is 0. The van der Waals surface area contributed by atoms with Crippen LogP contribution in [-0.4, -0.2) is 37.4 Å². The smallest absolute Gasteiger partial charge is 0.344 e. The Kier molecular flexibility index (Phi) is 4.58. The largest absolute Gasteiger partial charge is 0.483 e. The molecule has 2 heterocycles. The molecule has 0 saturated heterocycles. The highest BCUT2D eigenvalue weighted by Gasteiger charge is 2.32. The van der Waals surface area contributed by atoms with E-state index in [2.05, 4.69) is 0 Å². The molecule has 28 heavy (non-hydrogen) atoms. The van der Waals surface area contributed by atoms with Crippen LogP contribution in [0.25, 0.3) is 0 Å². The maximum atomic E-state index is 12.2. The van der Waals surface area contributed by atoms with E-state index in [4.69, 9.17) is 23.7 Å². The number of benzene rings is 2. The Morgan fingerprint density at radius 1 is 1.07 bits per heavy atom. The van der Waals surface area contributed by atoms with Gasteiger partial charge in [0.25, 0.3) is 0 Å². The first-order valence-corrected chi connectivity index (χ1v) is 8.93. The van der Waals surface area contributed by atoms with Crippen molar-refractivity contribution in [2.75, 3.05) is 20.0 Å². The molecular weight excluding hydrogens is 364 g/mol. The minimum atomic E-state index is -0.635. The number of Topliss-reactive ketones (excluding diaryl/α,β-unsaturated/α-hetero) is 1. The van der Waals surface area contributed by atoms with Crippen molar-refractivity contribution in [1.29, 1.82) is 0 Å². The maximum absolute atomic E-state index is 12.2. The van der Waals surface area contributed by atoms with E-state index in [1.165, 1.54) is 0 Å². The second-order valence-corrected chi connectivity index (χ2v) is 7.22. The van der Waals surface area contributed by atoms with Gasteiger partial charge < -0.3 is 23.7 Å². The molecule has 0 radical (unpaired) electrons. The van der Waals surface area contributed by atoms with E-state index >= 15 is 0 Å². The van der Waals surface area contributed by atoms with E-state index in [9.17, 15) is 9.59 Å². The van der Waals surface area contributed by atoms with E-state index in [0.29, 0.717) is 28.6 Å². The van der Waals surface area contributed by atoms with Crippen LogP contribution in [0.2, 0.25) is 0 Å². The molecule has 2 aliphatic heterocycles. The summed E-state index contributed by atoms with van der Waals surface area (Å²) in [5, 5.41) is 0. The van der Waals surface area contributed by atoms with Gasteiger partial charge in [-0.3, -0.25) is 4.79 Å². The van der Waals surface area contributed by atoms with Crippen LogP contribution in [0, 0.1) is 0 Å². The maximum Gasteiger partial charge on any atom is 0.344 e. The second kappa shape index (κ2) is 7.07. The number of rotatable bonds is 6. The first-order chi connectivity index (χ1) is 13.4. The van der Waals surface area contributed by atoms with Gasteiger partial charge in [0, 0.05) is 17.5 Å². The fourth-order valence-corrected chi connectivity index (χ4v) is 3.18. The molecule has 2 aromatic rings. The van der Waals surface area contributed by atoms with Crippen LogP contribution < -0.4 is 18.9 Å². The van der Waals surface area contributed by atoms with Crippen LogP contribution in [0.1, 0.15) is 29.8 Å². The molecule has 0 amide bonds. The molecule has 0 atom stereocenters. The van der Waals surface area contributed by atoms with Crippen molar-refractivity contribution < 1.29 is 33.3 Å². The third kappa shape index (κ3) is 3.74. The lowest BCUT2D eigenvalue weighted by Gasteiger charge is -2.18. The lowest BCUT2D eigenvalue weighted by Crippen LogP contribution is -2.25. The number of ketones is 1. The summed E-state index contributed by atoms with van der Waals surface area (Å²) in [6, 6.07) is 10.4. The number of carbonyl (C=O) groups excluding carboxylic acids is 2. The summed E-state index contributed by atoms with van der Waals surface area (Å²) in [5.41, 5.74) is 1.11. The molecule has 146 valence electrons. The third-order valence-electron chi connectivity index (χ3n) is 4.46. The third-order valence-corrected chi connectivity index (χ3v) is 4.46. The van der Waals surface area contributed by atoms with Gasteiger partial charge in [-0.1, -0.05) is 12.1 Å². The van der Waals surface area contributed by atoms with E-state index in [1.807, 2.05) is 26.0 Å². The minimum absolute atomic E-state index is 0.128. The van der Waals surface area contributed by atoms with E-state index in [0.717, 1.165) is 12.0 Å². The summed E-state index contributed by atoms with van der Waals surface area (Å²) in [7, 11) is 0. The molecule has 0 aliphatic carbocycles. The molecule has 0 unspecified atom stereocenters. The van der Waals surface area contributed by atoms with Crippen LogP contribution in [-0.2, 0) is 16.0 Å². The number of ether oxygens (including phenoxy) is 5. The van der Waals surface area contributed by atoms with E-state index < -0.39 is 5.97 Å². The first kappa shape index (κ1) is 18.2. The molecule has 4 rings (SSSR count). The van der Waals surface area contributed by atoms with Crippen molar-refractivity contribution in [3.05, 3.63) is 47.5 Å². The summed E-state index contributed by atoms with van der Waals surface area (Å²) in [5.74, 6) is 1.25. The van der Waals surface area contributed by atoms with Gasteiger partial charge in [-0.2, -0.15) is 0 Å². The average Bonchev–Trinajstić information content (AvgIpc) is 3.26. The monoisotopic (exact) mass is 384 g/mol. The van der Waals surface area contributed by atoms with Crippen LogP contribution in [0.3, 0.4) is 0 Å². The molecular formula is C21H20O7. The Balaban J connectivity index is 1.30. The van der Waals surface area contributed by atoms with Crippen molar-refractivity contribution in [3.8, 4) is 23.0 Å². The first-order valence-electron chi connectivity index (χ1n) is 8.93. The Morgan fingerprint density at radius 2 is 1.89 bits per heavy atom. The zero-order valence-corrected chi connectivity index (χ0v) is 15.7. The highest BCUT2D eigenvalue weighted by atomic mass is 16.7. The van der Waals surface area contributed by atoms with Gasteiger partial charge in [0.05, 0.1) is 0 Å². The predicted octanol–water partition coefficient (Wildman–Crippen LogP) is 2.93. The molecule has 2 aliphatic rings. The van der Waals surface area contributed by atoms with Crippen molar-refractivity contribution in [3.63, 3.8) is 0 Å². The number of carbonyl (C=O) groups is 2. The SMILES string of the molecule is CC1(C)Cc2cccc(OCC(=O)OCC(=O)c3ccc4c(c3)OCO4)c2O1. The molecule has 0 fully saturated rings. The van der Waals surface area contributed by atoms with Gasteiger partial charge >= 0.3 is 5.97 Å². The zero-order valence-electron chi connectivity index (χ0n) is 15.7. The van der Waals surface area contributed by atoms with Crippen LogP contribution in [0.5, 0.6) is 23.0 Å². The normalized spacial score (nSPS) is 15.5. The molecule has 7 nitrogen and oxygen atoms in total. The summed E-state index contributed by atoms with van der Waals surface area (Å²) in [4.78, 5) is 24.2. The lowest BCUT2D eigenvalue weighted by molar-refractivity contribution is -0.144. The van der Waals surface area contributed by atoms with E-state index in [1.54, 1.807) is 24.3 Å². The highest BCUT2D eigenvalue weighted by Crippen LogP contribution is 2.41. The molecule has 0 aromatic heterocycles. The standard InChI is InChI=1S/C21H20O7/c1-21(2)9-14-4-3-5-17(20(14)28-21)24-11-19(23)25-10-15(22)13-6-7-16-18(8-13)27-12-26-16/h3-8H,9-12H2,1-2H3. The van der Waals surface area contributed by atoms with Crippen molar-refractivity contribution in [2.45, 2.75) is 25.9 Å². The van der Waals surface area contributed by atoms with Crippen LogP contribution in [0.15, 0.2) is 36.4 Å². The van der Waals surface area contributed by atoms with Crippen LogP contribution >= 0.6 is 0 Å². The summed E-state index contributed by atoms with van der Waals surface area (Å²) in [6.07, 6.45) is 0.772. The Bertz CT molecular complexity index is 932. The number of para-hydroxylation sites is 1. The highest BCUT2D eigenvalue weighted by molar-refractivity contribution is 5.98. The molecule has 2 aromatic carbocycles. The Morgan fingerprint density at radius 3 is 2.75 bits per heavy atom. The van der Waals surface area contributed by atoms with Crippen molar-refractivity contribution in [2.24, 2.45) is 0 Å². The lowest BCUT2D eigenvalue weighted by atomic mass is 10.0. The number of hydrogen-bond acceptors (Lipinski definition) is 7. The van der Waals surface area contributed by atoms with Gasteiger partial charge in [-0.25, -0.2) is 4.79 Å². The molecule has 0 N–H and O–H groups in total. The van der Waals surface area contributed by atoms with E-state index in [-0.39, 0.29) is 31.4 Å². The van der Waals surface area contributed by atoms with Gasteiger partial charge in [0.2, 0.25) is 6.79 Å². The van der Waals surface area contributed by atoms with Gasteiger partial charge in [-0.05, 0) is 38.1 Å². The summed E-state index contributed by atoms with van der Waals surface area (Å²) in [6.45, 7) is 3.43. The minimum Gasteiger partial charge on any atom is -0.483 e. The predicted molar refractivity (Wildman–Crippen MR) is 98.2 cm³/mol. The molecule has 0 saturated carbocycles. The number of fused-ring (bicyclic) bond motifs is 2. The average molecular weight is 384 g/mol.